The number of phenols is 1. The monoisotopic (exact) mass is 317 g/mol. The van der Waals surface area contributed by atoms with Crippen molar-refractivity contribution in [2.45, 2.75) is 12.3 Å². The number of rotatable bonds is 1. The molecule has 2 aromatic carbocycles. The Hall–Kier alpha value is -1.81. The molecule has 3 rings (SSSR count). The van der Waals surface area contributed by atoms with Gasteiger partial charge in [-0.3, -0.25) is 4.79 Å². The zero-order valence-corrected chi connectivity index (χ0v) is 11.6. The van der Waals surface area contributed by atoms with Gasteiger partial charge in [0.1, 0.15) is 5.75 Å². The molecule has 1 atom stereocenters. The molecule has 1 aliphatic heterocycles. The molecule has 0 aromatic heterocycles. The number of para-hydroxylation sites is 1. The van der Waals surface area contributed by atoms with E-state index in [2.05, 4.69) is 21.2 Å². The SMILES string of the molecule is O=C1Nc2ccccc2C[C@H]1c1cc(Br)ccc1O. The number of phenolic OH excluding ortho intramolecular Hbond substituents is 1. The lowest BCUT2D eigenvalue weighted by Crippen LogP contribution is -2.28. The zero-order chi connectivity index (χ0) is 13.4. The fourth-order valence-corrected chi connectivity index (χ4v) is 2.79. The Kier molecular flexibility index (Phi) is 3.03. The molecule has 0 bridgehead atoms. The Labute approximate surface area is 119 Å². The van der Waals surface area contributed by atoms with Gasteiger partial charge in [-0.2, -0.15) is 0 Å². The maximum atomic E-state index is 12.2. The number of aromatic hydroxyl groups is 1. The summed E-state index contributed by atoms with van der Waals surface area (Å²) in [4.78, 5) is 12.2. The summed E-state index contributed by atoms with van der Waals surface area (Å²) in [5.41, 5.74) is 2.60. The van der Waals surface area contributed by atoms with Crippen molar-refractivity contribution >= 4 is 27.5 Å². The van der Waals surface area contributed by atoms with E-state index < -0.39 is 0 Å². The third-order valence-corrected chi connectivity index (χ3v) is 3.87. The normalized spacial score (nSPS) is 17.7. The third kappa shape index (κ3) is 2.24. The van der Waals surface area contributed by atoms with E-state index in [1.165, 1.54) is 0 Å². The van der Waals surface area contributed by atoms with Crippen LogP contribution in [0.1, 0.15) is 17.0 Å². The Morgan fingerprint density at radius 1 is 1.21 bits per heavy atom. The summed E-state index contributed by atoms with van der Waals surface area (Å²) >= 11 is 3.37. The quantitative estimate of drug-likeness (QED) is 0.846. The molecule has 3 nitrogen and oxygen atoms in total. The van der Waals surface area contributed by atoms with E-state index in [4.69, 9.17) is 0 Å². The van der Waals surface area contributed by atoms with Crippen molar-refractivity contribution in [3.63, 3.8) is 0 Å². The first-order valence-electron chi connectivity index (χ1n) is 6.02. The average molecular weight is 318 g/mol. The van der Waals surface area contributed by atoms with Gasteiger partial charge in [0.25, 0.3) is 0 Å². The summed E-state index contributed by atoms with van der Waals surface area (Å²) in [7, 11) is 0. The minimum atomic E-state index is -0.354. The summed E-state index contributed by atoms with van der Waals surface area (Å²) in [5.74, 6) is -0.276. The lowest BCUT2D eigenvalue weighted by atomic mass is 9.87. The topological polar surface area (TPSA) is 49.3 Å². The van der Waals surface area contributed by atoms with E-state index in [1.54, 1.807) is 18.2 Å². The largest absolute Gasteiger partial charge is 0.508 e. The molecular formula is C15H12BrNO2. The van der Waals surface area contributed by atoms with Crippen LogP contribution in [0.15, 0.2) is 46.9 Å². The van der Waals surface area contributed by atoms with Crippen LogP contribution in [0.4, 0.5) is 5.69 Å². The lowest BCUT2D eigenvalue weighted by Gasteiger charge is -2.25. The number of halogens is 1. The van der Waals surface area contributed by atoms with Gasteiger partial charge >= 0.3 is 0 Å². The minimum absolute atomic E-state index is 0.0768. The van der Waals surface area contributed by atoms with Crippen LogP contribution in [-0.4, -0.2) is 11.0 Å². The Balaban J connectivity index is 2.03. The Morgan fingerprint density at radius 3 is 2.84 bits per heavy atom. The van der Waals surface area contributed by atoms with Crippen LogP contribution in [0.5, 0.6) is 5.75 Å². The van der Waals surface area contributed by atoms with Crippen LogP contribution in [0, 0.1) is 0 Å². The number of fused-ring (bicyclic) bond motifs is 1. The summed E-state index contributed by atoms with van der Waals surface area (Å²) in [5, 5.41) is 12.8. The summed E-state index contributed by atoms with van der Waals surface area (Å²) < 4.78 is 0.854. The van der Waals surface area contributed by atoms with Crippen LogP contribution in [-0.2, 0) is 11.2 Å². The summed E-state index contributed by atoms with van der Waals surface area (Å²) in [6, 6.07) is 12.9. The molecule has 2 aromatic rings. The number of nitrogens with one attached hydrogen (secondary N) is 1. The zero-order valence-electron chi connectivity index (χ0n) is 10.1. The highest BCUT2D eigenvalue weighted by Crippen LogP contribution is 2.36. The Morgan fingerprint density at radius 2 is 2.00 bits per heavy atom. The molecule has 0 radical (unpaired) electrons. The number of carbonyl (C=O) groups excluding carboxylic acids is 1. The van der Waals surface area contributed by atoms with Gasteiger partial charge in [-0.15, -0.1) is 0 Å². The molecule has 19 heavy (non-hydrogen) atoms. The number of anilines is 1. The van der Waals surface area contributed by atoms with Gasteiger partial charge < -0.3 is 10.4 Å². The third-order valence-electron chi connectivity index (χ3n) is 3.38. The minimum Gasteiger partial charge on any atom is -0.508 e. The van der Waals surface area contributed by atoms with Gasteiger partial charge in [0.05, 0.1) is 5.92 Å². The maximum absolute atomic E-state index is 12.2. The van der Waals surface area contributed by atoms with Gasteiger partial charge in [0.15, 0.2) is 0 Å². The number of benzene rings is 2. The molecule has 1 heterocycles. The Bertz CT molecular complexity index is 654. The van der Waals surface area contributed by atoms with Crippen molar-refractivity contribution in [1.29, 1.82) is 0 Å². The van der Waals surface area contributed by atoms with Crippen LogP contribution in [0.25, 0.3) is 0 Å². The molecule has 1 amide bonds. The molecule has 4 heteroatoms. The van der Waals surface area contributed by atoms with E-state index in [0.717, 1.165) is 15.7 Å². The highest BCUT2D eigenvalue weighted by atomic mass is 79.9. The smallest absolute Gasteiger partial charge is 0.232 e. The van der Waals surface area contributed by atoms with Crippen molar-refractivity contribution < 1.29 is 9.90 Å². The highest BCUT2D eigenvalue weighted by molar-refractivity contribution is 9.10. The molecule has 0 saturated heterocycles. The van der Waals surface area contributed by atoms with Crippen LogP contribution in [0.3, 0.4) is 0 Å². The molecule has 2 N–H and O–H groups in total. The molecule has 0 aliphatic carbocycles. The molecular weight excluding hydrogens is 306 g/mol. The lowest BCUT2D eigenvalue weighted by molar-refractivity contribution is -0.117. The second-order valence-corrected chi connectivity index (χ2v) is 5.52. The first-order chi connectivity index (χ1) is 9.15. The fraction of sp³-hybridized carbons (Fsp3) is 0.133. The van der Waals surface area contributed by atoms with E-state index in [1.807, 2.05) is 24.3 Å². The second kappa shape index (κ2) is 4.70. The van der Waals surface area contributed by atoms with Crippen LogP contribution < -0.4 is 5.32 Å². The van der Waals surface area contributed by atoms with E-state index in [0.29, 0.717) is 12.0 Å². The average Bonchev–Trinajstić information content (AvgIpc) is 2.41. The number of hydrogen-bond donors (Lipinski definition) is 2. The number of amides is 1. The van der Waals surface area contributed by atoms with Crippen molar-refractivity contribution in [1.82, 2.24) is 0 Å². The van der Waals surface area contributed by atoms with E-state index in [9.17, 15) is 9.90 Å². The molecule has 0 fully saturated rings. The van der Waals surface area contributed by atoms with Gasteiger partial charge in [0, 0.05) is 15.7 Å². The van der Waals surface area contributed by atoms with Crippen molar-refractivity contribution in [2.75, 3.05) is 5.32 Å². The molecule has 0 saturated carbocycles. The first kappa shape index (κ1) is 12.2. The predicted molar refractivity (Wildman–Crippen MR) is 77.3 cm³/mol. The molecule has 0 spiro atoms. The summed E-state index contributed by atoms with van der Waals surface area (Å²) in [6.07, 6.45) is 0.603. The van der Waals surface area contributed by atoms with Gasteiger partial charge in [0.2, 0.25) is 5.91 Å². The number of carbonyl (C=O) groups is 1. The van der Waals surface area contributed by atoms with Crippen molar-refractivity contribution in [3.05, 3.63) is 58.1 Å². The van der Waals surface area contributed by atoms with Gasteiger partial charge in [-0.05, 0) is 36.2 Å². The standard InChI is InChI=1S/C15H12BrNO2/c16-10-5-6-14(18)11(8-10)12-7-9-3-1-2-4-13(9)17-15(12)19/h1-6,8,12,18H,7H2,(H,17,19)/t12-/m0/s1. The molecule has 96 valence electrons. The van der Waals surface area contributed by atoms with Crippen molar-refractivity contribution in [3.8, 4) is 5.75 Å². The molecule has 1 aliphatic rings. The van der Waals surface area contributed by atoms with Crippen molar-refractivity contribution in [2.24, 2.45) is 0 Å². The predicted octanol–water partition coefficient (Wildman–Crippen LogP) is 3.43. The van der Waals surface area contributed by atoms with Gasteiger partial charge in [-0.1, -0.05) is 34.1 Å². The maximum Gasteiger partial charge on any atom is 0.232 e. The number of hydrogen-bond acceptors (Lipinski definition) is 2. The molecule has 0 unspecified atom stereocenters. The van der Waals surface area contributed by atoms with Crippen LogP contribution >= 0.6 is 15.9 Å². The van der Waals surface area contributed by atoms with E-state index >= 15 is 0 Å². The van der Waals surface area contributed by atoms with Crippen LogP contribution in [0.2, 0.25) is 0 Å². The van der Waals surface area contributed by atoms with E-state index in [-0.39, 0.29) is 17.6 Å². The second-order valence-electron chi connectivity index (χ2n) is 4.61. The first-order valence-corrected chi connectivity index (χ1v) is 6.81. The fourth-order valence-electron chi connectivity index (χ4n) is 2.41. The summed E-state index contributed by atoms with van der Waals surface area (Å²) in [6.45, 7) is 0. The highest BCUT2D eigenvalue weighted by Gasteiger charge is 2.29. The van der Waals surface area contributed by atoms with Gasteiger partial charge in [-0.25, -0.2) is 0 Å².